The summed E-state index contributed by atoms with van der Waals surface area (Å²) in [7, 11) is 0. The molecular formula is C25H22N3O2+. The Kier molecular flexibility index (Phi) is 4.65. The lowest BCUT2D eigenvalue weighted by Gasteiger charge is -2.03. The lowest BCUT2D eigenvalue weighted by molar-refractivity contribution is -0.582. The number of rotatable bonds is 5. The van der Waals surface area contributed by atoms with E-state index in [0.29, 0.717) is 12.2 Å². The van der Waals surface area contributed by atoms with Crippen LogP contribution in [0.5, 0.6) is 5.88 Å². The van der Waals surface area contributed by atoms with Gasteiger partial charge in [0.05, 0.1) is 24.1 Å². The van der Waals surface area contributed by atoms with Crippen molar-refractivity contribution in [3.63, 3.8) is 0 Å². The molecule has 0 saturated heterocycles. The van der Waals surface area contributed by atoms with E-state index in [9.17, 15) is 10.2 Å². The van der Waals surface area contributed by atoms with Crippen LogP contribution in [0.1, 0.15) is 11.3 Å². The molecule has 2 aromatic carbocycles. The van der Waals surface area contributed by atoms with E-state index in [2.05, 4.69) is 29.0 Å². The second-order valence-electron chi connectivity index (χ2n) is 7.30. The number of aliphatic hydroxyl groups excluding tert-OH is 1. The van der Waals surface area contributed by atoms with Crippen LogP contribution in [-0.4, -0.2) is 27.6 Å². The molecule has 148 valence electrons. The molecule has 5 heteroatoms. The largest absolute Gasteiger partial charge is 0.493 e. The molecule has 0 saturated carbocycles. The van der Waals surface area contributed by atoms with Crippen molar-refractivity contribution in [2.45, 2.75) is 13.0 Å². The number of hydrogen-bond acceptors (Lipinski definition) is 3. The quantitative estimate of drug-likeness (QED) is 0.398. The van der Waals surface area contributed by atoms with Crippen LogP contribution in [0.3, 0.4) is 0 Å². The fourth-order valence-corrected chi connectivity index (χ4v) is 4.17. The molecule has 0 amide bonds. The van der Waals surface area contributed by atoms with Gasteiger partial charge in [-0.2, -0.15) is 4.57 Å². The average Bonchev–Trinajstić information content (AvgIpc) is 3.28. The molecule has 0 radical (unpaired) electrons. The monoisotopic (exact) mass is 396 g/mol. The highest BCUT2D eigenvalue weighted by molar-refractivity contribution is 5.99. The molecule has 5 rings (SSSR count). The highest BCUT2D eigenvalue weighted by atomic mass is 16.3. The lowest BCUT2D eigenvalue weighted by atomic mass is 10.1. The Morgan fingerprint density at radius 2 is 1.73 bits per heavy atom. The van der Waals surface area contributed by atoms with E-state index in [0.717, 1.165) is 34.2 Å². The molecule has 30 heavy (non-hydrogen) atoms. The van der Waals surface area contributed by atoms with Gasteiger partial charge in [-0.05, 0) is 18.2 Å². The third-order valence-electron chi connectivity index (χ3n) is 5.50. The van der Waals surface area contributed by atoms with Crippen molar-refractivity contribution in [3.8, 4) is 5.88 Å². The third-order valence-corrected chi connectivity index (χ3v) is 5.50. The molecular weight excluding hydrogens is 374 g/mol. The van der Waals surface area contributed by atoms with Gasteiger partial charge in [-0.1, -0.05) is 42.5 Å². The first-order chi connectivity index (χ1) is 14.8. The number of aromatic nitrogens is 2. The highest BCUT2D eigenvalue weighted by Crippen LogP contribution is 2.38. The molecule has 0 spiro atoms. The van der Waals surface area contributed by atoms with Crippen LogP contribution in [0.25, 0.3) is 16.6 Å². The average molecular weight is 396 g/mol. The number of benzene rings is 2. The van der Waals surface area contributed by atoms with Gasteiger partial charge in [-0.15, -0.1) is 0 Å². The number of aliphatic hydroxyl groups is 1. The first kappa shape index (κ1) is 18.3. The fourth-order valence-electron chi connectivity index (χ4n) is 4.17. The number of fused-ring (bicyclic) bond motifs is 2. The molecule has 4 aromatic rings. The Labute approximate surface area is 174 Å². The fraction of sp³-hybridized carbons (Fsp3) is 0.120. The van der Waals surface area contributed by atoms with Crippen LogP contribution in [0, 0.1) is 0 Å². The van der Waals surface area contributed by atoms with Gasteiger partial charge in [0.1, 0.15) is 5.69 Å². The highest BCUT2D eigenvalue weighted by Gasteiger charge is 2.30. The van der Waals surface area contributed by atoms with Gasteiger partial charge in [-0.25, -0.2) is 4.99 Å². The van der Waals surface area contributed by atoms with Gasteiger partial charge in [0.25, 0.3) is 0 Å². The predicted molar refractivity (Wildman–Crippen MR) is 118 cm³/mol. The zero-order chi connectivity index (χ0) is 20.5. The van der Waals surface area contributed by atoms with E-state index in [1.54, 1.807) is 4.57 Å². The second kappa shape index (κ2) is 7.61. The summed E-state index contributed by atoms with van der Waals surface area (Å²) < 4.78 is 3.90. The zero-order valence-electron chi connectivity index (χ0n) is 16.4. The second-order valence-corrected chi connectivity index (χ2v) is 7.30. The van der Waals surface area contributed by atoms with Crippen molar-refractivity contribution in [1.82, 2.24) is 4.57 Å². The maximum Gasteiger partial charge on any atom is 0.223 e. The molecule has 1 aliphatic heterocycles. The van der Waals surface area contributed by atoms with E-state index in [1.807, 2.05) is 60.8 Å². The molecule has 0 unspecified atom stereocenters. The topological polar surface area (TPSA) is 61.6 Å². The number of para-hydroxylation sites is 1. The number of allylic oxidation sites excluding steroid dienone is 1. The van der Waals surface area contributed by atoms with Crippen molar-refractivity contribution < 1.29 is 14.8 Å². The minimum absolute atomic E-state index is 0.0509. The van der Waals surface area contributed by atoms with Crippen LogP contribution in [-0.2, 0) is 13.0 Å². The molecule has 5 nitrogen and oxygen atoms in total. The molecule has 0 fully saturated rings. The predicted octanol–water partition coefficient (Wildman–Crippen LogP) is 3.84. The third kappa shape index (κ3) is 3.00. The SMILES string of the molecule is OCCn1c(O)c(N=CC2=C(c3ccccc3)[n+]3ccccc3C2)c2ccccc21. The molecule has 0 atom stereocenters. The molecule has 2 aromatic heterocycles. The van der Waals surface area contributed by atoms with Crippen molar-refractivity contribution in [2.75, 3.05) is 6.61 Å². The van der Waals surface area contributed by atoms with Crippen LogP contribution in [0.4, 0.5) is 5.69 Å². The van der Waals surface area contributed by atoms with Gasteiger partial charge in [0.15, 0.2) is 11.9 Å². The summed E-state index contributed by atoms with van der Waals surface area (Å²) >= 11 is 0. The van der Waals surface area contributed by atoms with Gasteiger partial charge in [-0.3, -0.25) is 0 Å². The Bertz CT molecular complexity index is 1290. The van der Waals surface area contributed by atoms with Gasteiger partial charge in [0, 0.05) is 35.8 Å². The maximum absolute atomic E-state index is 10.8. The van der Waals surface area contributed by atoms with E-state index in [-0.39, 0.29) is 12.5 Å². The summed E-state index contributed by atoms with van der Waals surface area (Å²) in [5.74, 6) is 0.0755. The number of aromatic hydroxyl groups is 1. The van der Waals surface area contributed by atoms with Crippen molar-refractivity contribution in [2.24, 2.45) is 4.99 Å². The normalized spacial score (nSPS) is 13.5. The molecule has 0 bridgehead atoms. The molecule has 0 aliphatic carbocycles. The van der Waals surface area contributed by atoms with Crippen LogP contribution in [0.2, 0.25) is 0 Å². The Morgan fingerprint density at radius 1 is 0.967 bits per heavy atom. The van der Waals surface area contributed by atoms with Gasteiger partial charge in [0.2, 0.25) is 11.6 Å². The van der Waals surface area contributed by atoms with E-state index in [4.69, 9.17) is 4.99 Å². The summed E-state index contributed by atoms with van der Waals surface area (Å²) in [6, 6.07) is 24.2. The first-order valence-electron chi connectivity index (χ1n) is 10.0. The molecule has 3 heterocycles. The van der Waals surface area contributed by atoms with Gasteiger partial charge >= 0.3 is 0 Å². The smallest absolute Gasteiger partial charge is 0.223 e. The summed E-state index contributed by atoms with van der Waals surface area (Å²) in [5, 5.41) is 21.1. The van der Waals surface area contributed by atoms with E-state index >= 15 is 0 Å². The number of pyridine rings is 1. The number of aliphatic imine (C=N–C) groups is 1. The summed E-state index contributed by atoms with van der Waals surface area (Å²) in [4.78, 5) is 4.73. The minimum Gasteiger partial charge on any atom is -0.493 e. The molecule has 1 aliphatic rings. The lowest BCUT2D eigenvalue weighted by Crippen LogP contribution is -2.33. The molecule has 2 N–H and O–H groups in total. The Morgan fingerprint density at radius 3 is 2.57 bits per heavy atom. The van der Waals surface area contributed by atoms with Crippen LogP contribution < -0.4 is 4.57 Å². The van der Waals surface area contributed by atoms with Crippen molar-refractivity contribution in [1.29, 1.82) is 0 Å². The first-order valence-corrected chi connectivity index (χ1v) is 10.0. The summed E-state index contributed by atoms with van der Waals surface area (Å²) in [6.07, 6.45) is 4.70. The van der Waals surface area contributed by atoms with E-state index < -0.39 is 0 Å². The Balaban J connectivity index is 1.64. The zero-order valence-corrected chi connectivity index (χ0v) is 16.4. The van der Waals surface area contributed by atoms with E-state index in [1.165, 1.54) is 5.69 Å². The van der Waals surface area contributed by atoms with Crippen LogP contribution in [0.15, 0.2) is 89.6 Å². The maximum atomic E-state index is 10.8. The summed E-state index contributed by atoms with van der Waals surface area (Å²) in [5.41, 5.74) is 5.90. The Hall–Kier alpha value is -3.70. The van der Waals surface area contributed by atoms with Crippen molar-refractivity contribution >= 4 is 28.5 Å². The minimum atomic E-state index is -0.0509. The van der Waals surface area contributed by atoms with Gasteiger partial charge < -0.3 is 14.8 Å². The number of hydrogen-bond donors (Lipinski definition) is 2. The van der Waals surface area contributed by atoms with Crippen molar-refractivity contribution in [3.05, 3.63) is 95.8 Å². The standard InChI is InChI=1S/C25H21N3O2/c29-15-14-28-22-12-5-4-11-21(22)23(25(28)30)26-17-19-16-20-10-6-7-13-27(20)24(19)18-8-2-1-3-9-18/h1-13,17,29H,14-16H2/p+1. The number of nitrogens with zero attached hydrogens (tertiary/aromatic N) is 3. The van der Waals surface area contributed by atoms with Crippen LogP contribution >= 0.6 is 0 Å². The summed E-state index contributed by atoms with van der Waals surface area (Å²) in [6.45, 7) is 0.270.